The predicted molar refractivity (Wildman–Crippen MR) is 95.8 cm³/mol. The van der Waals surface area contributed by atoms with Gasteiger partial charge >= 0.3 is 5.97 Å². The zero-order chi connectivity index (χ0) is 17.1. The molecule has 0 N–H and O–H groups in total. The summed E-state index contributed by atoms with van der Waals surface area (Å²) >= 11 is 3.54. The first-order valence-corrected chi connectivity index (χ1v) is 8.70. The van der Waals surface area contributed by atoms with Crippen LogP contribution in [0.15, 0.2) is 53.0 Å². The molecule has 0 saturated heterocycles. The van der Waals surface area contributed by atoms with E-state index in [0.29, 0.717) is 13.2 Å². The van der Waals surface area contributed by atoms with Crippen molar-refractivity contribution >= 4 is 33.5 Å². The van der Waals surface area contributed by atoms with Gasteiger partial charge in [-0.25, -0.2) is 0 Å². The van der Waals surface area contributed by atoms with Gasteiger partial charge in [0.2, 0.25) is 5.91 Å². The zero-order valence-corrected chi connectivity index (χ0v) is 15.0. The van der Waals surface area contributed by atoms with E-state index in [1.165, 1.54) is 0 Å². The van der Waals surface area contributed by atoms with Crippen molar-refractivity contribution in [2.45, 2.75) is 25.8 Å². The van der Waals surface area contributed by atoms with E-state index in [1.54, 1.807) is 11.8 Å². The van der Waals surface area contributed by atoms with Crippen LogP contribution in [0.4, 0.5) is 5.69 Å². The molecule has 0 bridgehead atoms. The SMILES string of the molecule is CCOC(=O)CC1C(=O)N(Cc2ccccc2)c2c(Br)cccc21. The van der Waals surface area contributed by atoms with Gasteiger partial charge < -0.3 is 9.64 Å². The Kier molecular flexibility index (Phi) is 5.00. The van der Waals surface area contributed by atoms with E-state index in [2.05, 4.69) is 15.9 Å². The molecule has 124 valence electrons. The summed E-state index contributed by atoms with van der Waals surface area (Å²) in [5.74, 6) is -0.891. The first-order chi connectivity index (χ1) is 11.6. The molecule has 1 aliphatic heterocycles. The molecule has 24 heavy (non-hydrogen) atoms. The molecular formula is C19H18BrNO3. The van der Waals surface area contributed by atoms with E-state index in [0.717, 1.165) is 21.3 Å². The molecule has 4 nitrogen and oxygen atoms in total. The Morgan fingerprint density at radius 2 is 1.92 bits per heavy atom. The van der Waals surface area contributed by atoms with Crippen molar-refractivity contribution in [1.29, 1.82) is 0 Å². The van der Waals surface area contributed by atoms with Crippen LogP contribution < -0.4 is 4.90 Å². The third-order valence-electron chi connectivity index (χ3n) is 4.09. The first kappa shape index (κ1) is 16.7. The maximum Gasteiger partial charge on any atom is 0.306 e. The van der Waals surface area contributed by atoms with Gasteiger partial charge in [-0.2, -0.15) is 0 Å². The summed E-state index contributed by atoms with van der Waals surface area (Å²) in [6, 6.07) is 15.5. The first-order valence-electron chi connectivity index (χ1n) is 7.91. The van der Waals surface area contributed by atoms with Crippen LogP contribution >= 0.6 is 15.9 Å². The Balaban J connectivity index is 1.94. The van der Waals surface area contributed by atoms with Crippen molar-refractivity contribution < 1.29 is 14.3 Å². The van der Waals surface area contributed by atoms with E-state index in [4.69, 9.17) is 4.74 Å². The Bertz CT molecular complexity index is 760. The standard InChI is InChI=1S/C19H18BrNO3/c1-2-24-17(22)11-15-14-9-6-10-16(20)18(14)21(19(15)23)12-13-7-4-3-5-8-13/h3-10,15H,2,11-12H2,1H3. The summed E-state index contributed by atoms with van der Waals surface area (Å²) in [6.07, 6.45) is 0.0708. The quantitative estimate of drug-likeness (QED) is 0.727. The molecule has 3 rings (SSSR count). The van der Waals surface area contributed by atoms with E-state index < -0.39 is 5.92 Å². The number of anilines is 1. The minimum absolute atomic E-state index is 0.0613. The number of fused-ring (bicyclic) bond motifs is 1. The molecule has 1 heterocycles. The number of hydrogen-bond donors (Lipinski definition) is 0. The lowest BCUT2D eigenvalue weighted by atomic mass is 9.97. The second-order valence-electron chi connectivity index (χ2n) is 5.65. The van der Waals surface area contributed by atoms with Crippen molar-refractivity contribution in [2.75, 3.05) is 11.5 Å². The number of halogens is 1. The highest BCUT2D eigenvalue weighted by atomic mass is 79.9. The maximum absolute atomic E-state index is 13.0. The summed E-state index contributed by atoms with van der Waals surface area (Å²) in [6.45, 7) is 2.56. The molecule has 1 amide bonds. The molecule has 0 spiro atoms. The molecular weight excluding hydrogens is 370 g/mol. The van der Waals surface area contributed by atoms with E-state index >= 15 is 0 Å². The van der Waals surface area contributed by atoms with Gasteiger partial charge in [-0.05, 0) is 40.0 Å². The third kappa shape index (κ3) is 3.22. The zero-order valence-electron chi connectivity index (χ0n) is 13.4. The normalized spacial score (nSPS) is 16.2. The van der Waals surface area contributed by atoms with Gasteiger partial charge in [0.25, 0.3) is 0 Å². The fourth-order valence-corrected chi connectivity index (χ4v) is 3.63. The molecule has 1 aliphatic rings. The lowest BCUT2D eigenvalue weighted by Crippen LogP contribution is -2.29. The number of amides is 1. The molecule has 1 unspecified atom stereocenters. The second kappa shape index (κ2) is 7.18. The third-order valence-corrected chi connectivity index (χ3v) is 4.73. The molecule has 0 saturated carbocycles. The summed E-state index contributed by atoms with van der Waals surface area (Å²) in [7, 11) is 0. The molecule has 0 fully saturated rings. The lowest BCUT2D eigenvalue weighted by Gasteiger charge is -2.19. The van der Waals surface area contributed by atoms with Crippen LogP contribution in [0.5, 0.6) is 0 Å². The molecule has 1 atom stereocenters. The monoisotopic (exact) mass is 387 g/mol. The number of nitrogens with zero attached hydrogens (tertiary/aromatic N) is 1. The van der Waals surface area contributed by atoms with Crippen LogP contribution in [-0.4, -0.2) is 18.5 Å². The highest BCUT2D eigenvalue weighted by Gasteiger charge is 2.39. The number of ether oxygens (including phenoxy) is 1. The number of carbonyl (C=O) groups is 2. The van der Waals surface area contributed by atoms with Crippen molar-refractivity contribution in [3.63, 3.8) is 0 Å². The molecule has 2 aromatic rings. The lowest BCUT2D eigenvalue weighted by molar-refractivity contribution is -0.144. The van der Waals surface area contributed by atoms with E-state index in [-0.39, 0.29) is 18.3 Å². The summed E-state index contributed by atoms with van der Waals surface area (Å²) in [5, 5.41) is 0. The van der Waals surface area contributed by atoms with Gasteiger partial charge in [0.05, 0.1) is 31.2 Å². The van der Waals surface area contributed by atoms with Gasteiger partial charge in [0.15, 0.2) is 0 Å². The van der Waals surface area contributed by atoms with E-state index in [1.807, 2.05) is 48.5 Å². The van der Waals surface area contributed by atoms with Crippen molar-refractivity contribution in [2.24, 2.45) is 0 Å². The molecule has 0 radical (unpaired) electrons. The summed E-state index contributed by atoms with van der Waals surface area (Å²) in [5.41, 5.74) is 2.77. The largest absolute Gasteiger partial charge is 0.466 e. The van der Waals surface area contributed by atoms with Crippen LogP contribution in [0.2, 0.25) is 0 Å². The molecule has 0 aliphatic carbocycles. The molecule has 0 aromatic heterocycles. The Morgan fingerprint density at radius 3 is 2.62 bits per heavy atom. The molecule has 2 aromatic carbocycles. The van der Waals surface area contributed by atoms with E-state index in [9.17, 15) is 9.59 Å². The van der Waals surface area contributed by atoms with Gasteiger partial charge in [-0.1, -0.05) is 42.5 Å². The topological polar surface area (TPSA) is 46.6 Å². The minimum Gasteiger partial charge on any atom is -0.466 e. The van der Waals surface area contributed by atoms with Crippen molar-refractivity contribution in [3.8, 4) is 0 Å². The van der Waals surface area contributed by atoms with Gasteiger partial charge in [-0.3, -0.25) is 9.59 Å². The average Bonchev–Trinajstić information content (AvgIpc) is 2.83. The van der Waals surface area contributed by atoms with Crippen LogP contribution in [-0.2, 0) is 20.9 Å². The Labute approximate surface area is 149 Å². The number of hydrogen-bond acceptors (Lipinski definition) is 3. The summed E-state index contributed by atoms with van der Waals surface area (Å²) < 4.78 is 5.89. The van der Waals surface area contributed by atoms with Crippen LogP contribution in [0.1, 0.15) is 30.4 Å². The smallest absolute Gasteiger partial charge is 0.306 e. The maximum atomic E-state index is 13.0. The van der Waals surface area contributed by atoms with Crippen LogP contribution in [0.25, 0.3) is 0 Å². The fraction of sp³-hybridized carbons (Fsp3) is 0.263. The summed E-state index contributed by atoms with van der Waals surface area (Å²) in [4.78, 5) is 26.6. The average molecular weight is 388 g/mol. The molecule has 5 heteroatoms. The Morgan fingerprint density at radius 1 is 1.17 bits per heavy atom. The number of para-hydroxylation sites is 1. The van der Waals surface area contributed by atoms with Crippen molar-refractivity contribution in [3.05, 3.63) is 64.1 Å². The highest BCUT2D eigenvalue weighted by Crippen LogP contribution is 2.44. The van der Waals surface area contributed by atoms with Crippen LogP contribution in [0, 0.1) is 0 Å². The van der Waals surface area contributed by atoms with Gasteiger partial charge in [0, 0.05) is 4.47 Å². The Hall–Kier alpha value is -2.14. The fourth-order valence-electron chi connectivity index (χ4n) is 3.04. The van der Waals surface area contributed by atoms with Crippen LogP contribution in [0.3, 0.4) is 0 Å². The van der Waals surface area contributed by atoms with Crippen molar-refractivity contribution in [1.82, 2.24) is 0 Å². The number of carbonyl (C=O) groups excluding carboxylic acids is 2. The number of benzene rings is 2. The number of rotatable bonds is 5. The highest BCUT2D eigenvalue weighted by molar-refractivity contribution is 9.10. The van der Waals surface area contributed by atoms with Gasteiger partial charge in [0.1, 0.15) is 0 Å². The minimum atomic E-state index is -0.486. The second-order valence-corrected chi connectivity index (χ2v) is 6.50. The van der Waals surface area contributed by atoms with Gasteiger partial charge in [-0.15, -0.1) is 0 Å². The predicted octanol–water partition coefficient (Wildman–Crippen LogP) is 4.03. The number of esters is 1.